The summed E-state index contributed by atoms with van der Waals surface area (Å²) in [5.74, 6) is 0.667. The predicted molar refractivity (Wildman–Crippen MR) is 83.5 cm³/mol. The van der Waals surface area contributed by atoms with Gasteiger partial charge in [-0.05, 0) is 31.0 Å². The highest BCUT2D eigenvalue weighted by Gasteiger charge is 2.05. The third-order valence-corrected chi connectivity index (χ3v) is 2.87. The van der Waals surface area contributed by atoms with Gasteiger partial charge in [0.1, 0.15) is 0 Å². The van der Waals surface area contributed by atoms with E-state index in [2.05, 4.69) is 54.7 Å². The van der Waals surface area contributed by atoms with Crippen LogP contribution in [0.4, 0.5) is 5.69 Å². The van der Waals surface area contributed by atoms with Crippen molar-refractivity contribution in [2.45, 2.75) is 33.7 Å². The fourth-order valence-electron chi connectivity index (χ4n) is 2.00. The second-order valence-electron chi connectivity index (χ2n) is 5.26. The van der Waals surface area contributed by atoms with Crippen molar-refractivity contribution in [2.24, 2.45) is 5.92 Å². The molecule has 0 aliphatic heterocycles. The molecule has 0 aromatic carbocycles. The van der Waals surface area contributed by atoms with Gasteiger partial charge < -0.3 is 10.2 Å². The number of hydrogen-bond acceptors (Lipinski definition) is 3. The van der Waals surface area contributed by atoms with Crippen LogP contribution in [0, 0.1) is 5.92 Å². The first kappa shape index (κ1) is 15.7. The average Bonchev–Trinajstić information content (AvgIpc) is 2.38. The van der Waals surface area contributed by atoms with E-state index in [1.54, 1.807) is 0 Å². The van der Waals surface area contributed by atoms with Crippen LogP contribution in [0.15, 0.2) is 31.0 Å². The first-order valence-electron chi connectivity index (χ1n) is 7.18. The van der Waals surface area contributed by atoms with Gasteiger partial charge in [-0.1, -0.05) is 26.8 Å². The van der Waals surface area contributed by atoms with Gasteiger partial charge in [0.05, 0.1) is 5.69 Å². The Morgan fingerprint density at radius 1 is 1.47 bits per heavy atom. The van der Waals surface area contributed by atoms with E-state index < -0.39 is 0 Å². The van der Waals surface area contributed by atoms with Crippen LogP contribution < -0.4 is 10.2 Å². The number of rotatable bonds is 9. The molecule has 1 N–H and O–H groups in total. The van der Waals surface area contributed by atoms with Gasteiger partial charge in [0.15, 0.2) is 0 Å². The summed E-state index contributed by atoms with van der Waals surface area (Å²) < 4.78 is 0. The minimum absolute atomic E-state index is 0.667. The van der Waals surface area contributed by atoms with Crippen LogP contribution in [0.2, 0.25) is 0 Å². The Bertz CT molecular complexity index is 374. The smallest absolute Gasteiger partial charge is 0.0562 e. The largest absolute Gasteiger partial charge is 0.368 e. The van der Waals surface area contributed by atoms with Crippen LogP contribution in [0.5, 0.6) is 0 Å². The van der Waals surface area contributed by atoms with Gasteiger partial charge in [0.25, 0.3) is 0 Å². The topological polar surface area (TPSA) is 28.2 Å². The van der Waals surface area contributed by atoms with E-state index in [9.17, 15) is 0 Å². The van der Waals surface area contributed by atoms with E-state index in [1.165, 1.54) is 5.69 Å². The molecule has 1 rings (SSSR count). The molecule has 0 unspecified atom stereocenters. The molecule has 0 atom stereocenters. The standard InChI is InChI=1S/C16H27N3/c1-5-9-19(10-6-2)16-7-8-18-15(11-16)13-17-12-14(3)4/h5,7-8,11,14,17H,1,6,9-10,12-13H2,2-4H3. The molecule has 0 spiro atoms. The molecule has 1 heterocycles. The number of aromatic nitrogens is 1. The number of nitrogens with zero attached hydrogens (tertiary/aromatic N) is 2. The molecule has 0 saturated heterocycles. The molecule has 1 aromatic rings. The van der Waals surface area contributed by atoms with Crippen molar-refractivity contribution in [3.8, 4) is 0 Å². The molecule has 1 aromatic heterocycles. The third-order valence-electron chi connectivity index (χ3n) is 2.87. The Morgan fingerprint density at radius 3 is 2.89 bits per heavy atom. The molecule has 0 bridgehead atoms. The Balaban J connectivity index is 2.65. The lowest BCUT2D eigenvalue weighted by molar-refractivity contribution is 0.548. The first-order chi connectivity index (χ1) is 9.17. The van der Waals surface area contributed by atoms with E-state index in [4.69, 9.17) is 0 Å². The maximum atomic E-state index is 4.42. The van der Waals surface area contributed by atoms with Crippen molar-refractivity contribution in [1.82, 2.24) is 10.3 Å². The van der Waals surface area contributed by atoms with Gasteiger partial charge in [-0.15, -0.1) is 6.58 Å². The molecule has 0 aliphatic rings. The van der Waals surface area contributed by atoms with Crippen molar-refractivity contribution in [1.29, 1.82) is 0 Å². The summed E-state index contributed by atoms with van der Waals surface area (Å²) in [6.07, 6.45) is 4.98. The quantitative estimate of drug-likeness (QED) is 0.692. The lowest BCUT2D eigenvalue weighted by Gasteiger charge is -2.23. The highest BCUT2D eigenvalue weighted by atomic mass is 15.1. The number of pyridine rings is 1. The maximum absolute atomic E-state index is 4.42. The van der Waals surface area contributed by atoms with Crippen LogP contribution in [-0.2, 0) is 6.54 Å². The normalized spacial score (nSPS) is 10.7. The Morgan fingerprint density at radius 2 is 2.26 bits per heavy atom. The lowest BCUT2D eigenvalue weighted by atomic mass is 10.2. The van der Waals surface area contributed by atoms with E-state index in [-0.39, 0.29) is 0 Å². The zero-order valence-electron chi connectivity index (χ0n) is 12.5. The van der Waals surface area contributed by atoms with Crippen LogP contribution in [0.1, 0.15) is 32.9 Å². The minimum atomic E-state index is 0.667. The van der Waals surface area contributed by atoms with Crippen LogP contribution >= 0.6 is 0 Å². The van der Waals surface area contributed by atoms with Gasteiger partial charge in [0, 0.05) is 31.5 Å². The van der Waals surface area contributed by atoms with Gasteiger partial charge in [-0.3, -0.25) is 4.98 Å². The summed E-state index contributed by atoms with van der Waals surface area (Å²) in [6, 6.07) is 4.25. The predicted octanol–water partition coefficient (Wildman–Crippen LogP) is 3.23. The van der Waals surface area contributed by atoms with Crippen molar-refractivity contribution in [3.05, 3.63) is 36.7 Å². The van der Waals surface area contributed by atoms with Crippen molar-refractivity contribution >= 4 is 5.69 Å². The fourth-order valence-corrected chi connectivity index (χ4v) is 2.00. The fraction of sp³-hybridized carbons (Fsp3) is 0.562. The Kier molecular flexibility index (Phi) is 7.19. The van der Waals surface area contributed by atoms with Crippen molar-refractivity contribution < 1.29 is 0 Å². The summed E-state index contributed by atoms with van der Waals surface area (Å²) >= 11 is 0. The molecule has 0 radical (unpaired) electrons. The number of nitrogens with one attached hydrogen (secondary N) is 1. The highest BCUT2D eigenvalue weighted by Crippen LogP contribution is 2.15. The average molecular weight is 261 g/mol. The van der Waals surface area contributed by atoms with E-state index in [1.807, 2.05) is 12.3 Å². The first-order valence-corrected chi connectivity index (χ1v) is 7.18. The zero-order chi connectivity index (χ0) is 14.1. The van der Waals surface area contributed by atoms with Gasteiger partial charge in [-0.25, -0.2) is 0 Å². The van der Waals surface area contributed by atoms with Crippen LogP contribution in [0.3, 0.4) is 0 Å². The van der Waals surface area contributed by atoms with E-state index in [0.29, 0.717) is 5.92 Å². The van der Waals surface area contributed by atoms with Crippen molar-refractivity contribution in [3.63, 3.8) is 0 Å². The van der Waals surface area contributed by atoms with Gasteiger partial charge in [0.2, 0.25) is 0 Å². The minimum Gasteiger partial charge on any atom is -0.368 e. The molecule has 0 aliphatic carbocycles. The van der Waals surface area contributed by atoms with Gasteiger partial charge >= 0.3 is 0 Å². The summed E-state index contributed by atoms with van der Waals surface area (Å²) in [4.78, 5) is 6.76. The number of anilines is 1. The second kappa shape index (κ2) is 8.70. The maximum Gasteiger partial charge on any atom is 0.0562 e. The molecule has 3 nitrogen and oxygen atoms in total. The van der Waals surface area contributed by atoms with Crippen LogP contribution in [0.25, 0.3) is 0 Å². The van der Waals surface area contributed by atoms with Crippen molar-refractivity contribution in [2.75, 3.05) is 24.5 Å². The van der Waals surface area contributed by atoms with E-state index in [0.717, 1.165) is 38.3 Å². The molecule has 0 fully saturated rings. The summed E-state index contributed by atoms with van der Waals surface area (Å²) in [5, 5.41) is 3.43. The molecule has 0 amide bonds. The molecule has 3 heteroatoms. The SMILES string of the molecule is C=CCN(CCC)c1ccnc(CNCC(C)C)c1. The highest BCUT2D eigenvalue weighted by molar-refractivity contribution is 5.47. The van der Waals surface area contributed by atoms with E-state index >= 15 is 0 Å². The monoisotopic (exact) mass is 261 g/mol. The van der Waals surface area contributed by atoms with Gasteiger partial charge in [-0.2, -0.15) is 0 Å². The molecule has 19 heavy (non-hydrogen) atoms. The summed E-state index contributed by atoms with van der Waals surface area (Å²) in [7, 11) is 0. The summed E-state index contributed by atoms with van der Waals surface area (Å²) in [5.41, 5.74) is 2.33. The third kappa shape index (κ3) is 5.88. The Labute approximate surface area is 117 Å². The second-order valence-corrected chi connectivity index (χ2v) is 5.26. The van der Waals surface area contributed by atoms with Crippen LogP contribution in [-0.4, -0.2) is 24.6 Å². The number of hydrogen-bond donors (Lipinski definition) is 1. The molecule has 106 valence electrons. The zero-order valence-corrected chi connectivity index (χ0v) is 12.5. The molecular formula is C16H27N3. The summed E-state index contributed by atoms with van der Waals surface area (Å²) in [6.45, 7) is 14.2. The molecule has 0 saturated carbocycles. The Hall–Kier alpha value is -1.35. The molecular weight excluding hydrogens is 234 g/mol. The lowest BCUT2D eigenvalue weighted by Crippen LogP contribution is -2.24.